The van der Waals surface area contributed by atoms with Crippen molar-refractivity contribution in [1.82, 2.24) is 9.80 Å². The fourth-order valence-electron chi connectivity index (χ4n) is 3.38. The van der Waals surface area contributed by atoms with E-state index in [-0.39, 0.29) is 12.1 Å². The molecule has 0 amide bonds. The van der Waals surface area contributed by atoms with Gasteiger partial charge in [0.1, 0.15) is 0 Å². The highest BCUT2D eigenvalue weighted by Crippen LogP contribution is 2.32. The minimum absolute atomic E-state index is 0.116. The third-order valence-corrected chi connectivity index (χ3v) is 5.04. The molecule has 1 aliphatic rings. The summed E-state index contributed by atoms with van der Waals surface area (Å²) in [6.45, 7) is 11.0. The molecule has 0 spiro atoms. The molecule has 0 radical (unpaired) electrons. The zero-order valence-corrected chi connectivity index (χ0v) is 14.2. The molecule has 3 nitrogen and oxygen atoms in total. The summed E-state index contributed by atoms with van der Waals surface area (Å²) in [5.41, 5.74) is 7.62. The van der Waals surface area contributed by atoms with Gasteiger partial charge in [0.2, 0.25) is 0 Å². The molecular formula is C17H28ClN3. The highest BCUT2D eigenvalue weighted by atomic mass is 35.5. The van der Waals surface area contributed by atoms with Gasteiger partial charge in [0.05, 0.1) is 6.04 Å². The van der Waals surface area contributed by atoms with Crippen LogP contribution in [0.3, 0.4) is 0 Å². The molecule has 1 aliphatic heterocycles. The number of nitrogens with two attached hydrogens (primary N) is 1. The van der Waals surface area contributed by atoms with E-state index in [4.69, 9.17) is 17.3 Å². The van der Waals surface area contributed by atoms with Gasteiger partial charge in [-0.15, -0.1) is 0 Å². The largest absolute Gasteiger partial charge is 0.326 e. The van der Waals surface area contributed by atoms with Crippen molar-refractivity contribution >= 4 is 11.6 Å². The molecule has 0 bridgehead atoms. The van der Waals surface area contributed by atoms with Crippen molar-refractivity contribution < 1.29 is 0 Å². The lowest BCUT2D eigenvalue weighted by Gasteiger charge is -2.44. The summed E-state index contributed by atoms with van der Waals surface area (Å²) in [5, 5.41) is 0.831. The SMILES string of the molecule is CCC(N)C(c1ccccc1Cl)N1CCN(CC)C(C)C1. The predicted molar refractivity (Wildman–Crippen MR) is 90.7 cm³/mol. The Bertz CT molecular complexity index is 451. The number of rotatable bonds is 5. The van der Waals surface area contributed by atoms with Crippen LogP contribution in [0, 0.1) is 0 Å². The van der Waals surface area contributed by atoms with Crippen LogP contribution < -0.4 is 5.73 Å². The Morgan fingerprint density at radius 1 is 1.29 bits per heavy atom. The van der Waals surface area contributed by atoms with Crippen molar-refractivity contribution in [1.29, 1.82) is 0 Å². The van der Waals surface area contributed by atoms with Crippen LogP contribution in [0.25, 0.3) is 0 Å². The molecule has 0 aliphatic carbocycles. The molecule has 1 aromatic carbocycles. The lowest BCUT2D eigenvalue weighted by atomic mass is 9.94. The van der Waals surface area contributed by atoms with E-state index < -0.39 is 0 Å². The minimum atomic E-state index is 0.116. The minimum Gasteiger partial charge on any atom is -0.326 e. The maximum Gasteiger partial charge on any atom is 0.0514 e. The lowest BCUT2D eigenvalue weighted by molar-refractivity contribution is 0.0493. The molecular weight excluding hydrogens is 282 g/mol. The molecule has 2 N–H and O–H groups in total. The second-order valence-electron chi connectivity index (χ2n) is 6.01. The highest BCUT2D eigenvalue weighted by molar-refractivity contribution is 6.31. The van der Waals surface area contributed by atoms with Crippen molar-refractivity contribution in [2.75, 3.05) is 26.2 Å². The molecule has 118 valence electrons. The van der Waals surface area contributed by atoms with Crippen LogP contribution in [-0.4, -0.2) is 48.1 Å². The van der Waals surface area contributed by atoms with Crippen LogP contribution in [0.15, 0.2) is 24.3 Å². The second-order valence-corrected chi connectivity index (χ2v) is 6.42. The van der Waals surface area contributed by atoms with Gasteiger partial charge in [-0.3, -0.25) is 9.80 Å². The third-order valence-electron chi connectivity index (χ3n) is 4.70. The molecule has 0 aromatic heterocycles. The van der Waals surface area contributed by atoms with E-state index in [9.17, 15) is 0 Å². The van der Waals surface area contributed by atoms with Crippen LogP contribution in [0.1, 0.15) is 38.8 Å². The standard InChI is InChI=1S/C17H28ClN3/c1-4-16(19)17(14-8-6-7-9-15(14)18)21-11-10-20(5-2)13(3)12-21/h6-9,13,16-17H,4-5,10-12,19H2,1-3H3. The molecule has 1 fully saturated rings. The van der Waals surface area contributed by atoms with E-state index in [1.54, 1.807) is 0 Å². The molecule has 1 heterocycles. The summed E-state index contributed by atoms with van der Waals surface area (Å²) in [6.07, 6.45) is 0.957. The van der Waals surface area contributed by atoms with Crippen molar-refractivity contribution in [3.05, 3.63) is 34.9 Å². The van der Waals surface area contributed by atoms with Gasteiger partial charge in [-0.05, 0) is 31.5 Å². The van der Waals surface area contributed by atoms with E-state index in [2.05, 4.69) is 42.7 Å². The molecule has 3 unspecified atom stereocenters. The number of nitrogens with zero attached hydrogens (tertiary/aromatic N) is 2. The van der Waals surface area contributed by atoms with Gasteiger partial charge in [-0.2, -0.15) is 0 Å². The van der Waals surface area contributed by atoms with Gasteiger partial charge < -0.3 is 5.73 Å². The molecule has 0 saturated carbocycles. The monoisotopic (exact) mass is 309 g/mol. The molecule has 2 rings (SSSR count). The second kappa shape index (κ2) is 7.59. The number of piperazine rings is 1. The van der Waals surface area contributed by atoms with Crippen molar-refractivity contribution in [2.45, 2.75) is 45.3 Å². The normalized spacial score (nSPS) is 24.0. The van der Waals surface area contributed by atoms with Crippen molar-refractivity contribution in [3.8, 4) is 0 Å². The first-order valence-corrected chi connectivity index (χ1v) is 8.44. The van der Waals surface area contributed by atoms with Gasteiger partial charge in [0.25, 0.3) is 0 Å². The molecule has 21 heavy (non-hydrogen) atoms. The number of likely N-dealkylation sites (N-methyl/N-ethyl adjacent to an activating group) is 1. The quantitative estimate of drug-likeness (QED) is 0.907. The van der Waals surface area contributed by atoms with Gasteiger partial charge in [0.15, 0.2) is 0 Å². The Labute approximate surface area is 134 Å². The number of hydrogen-bond donors (Lipinski definition) is 1. The number of benzene rings is 1. The van der Waals surface area contributed by atoms with Gasteiger partial charge >= 0.3 is 0 Å². The Morgan fingerprint density at radius 2 is 2.00 bits per heavy atom. The summed E-state index contributed by atoms with van der Waals surface area (Å²) in [4.78, 5) is 5.05. The number of hydrogen-bond acceptors (Lipinski definition) is 3. The third kappa shape index (κ3) is 3.78. The van der Waals surface area contributed by atoms with E-state index in [1.807, 2.05) is 12.1 Å². The fourth-order valence-corrected chi connectivity index (χ4v) is 3.63. The Kier molecular flexibility index (Phi) is 6.06. The number of halogens is 1. The smallest absolute Gasteiger partial charge is 0.0514 e. The summed E-state index contributed by atoms with van der Waals surface area (Å²) in [6, 6.07) is 9.03. The van der Waals surface area contributed by atoms with Gasteiger partial charge in [0, 0.05) is 36.7 Å². The molecule has 4 heteroatoms. The zero-order valence-electron chi connectivity index (χ0n) is 13.4. The molecule has 1 aromatic rings. The van der Waals surface area contributed by atoms with Crippen LogP contribution in [0.5, 0.6) is 0 Å². The summed E-state index contributed by atoms with van der Waals surface area (Å²) < 4.78 is 0. The van der Waals surface area contributed by atoms with E-state index >= 15 is 0 Å². The highest BCUT2D eigenvalue weighted by Gasteiger charge is 2.32. The first-order valence-electron chi connectivity index (χ1n) is 8.06. The van der Waals surface area contributed by atoms with Crippen LogP contribution >= 0.6 is 11.6 Å². The predicted octanol–water partition coefficient (Wildman–Crippen LogP) is 3.14. The summed E-state index contributed by atoms with van der Waals surface area (Å²) >= 11 is 6.44. The summed E-state index contributed by atoms with van der Waals surface area (Å²) in [7, 11) is 0. The zero-order chi connectivity index (χ0) is 15.4. The van der Waals surface area contributed by atoms with E-state index in [0.29, 0.717) is 6.04 Å². The molecule has 1 saturated heterocycles. The Balaban J connectivity index is 2.24. The maximum absolute atomic E-state index is 6.45. The van der Waals surface area contributed by atoms with Crippen LogP contribution in [-0.2, 0) is 0 Å². The van der Waals surface area contributed by atoms with Crippen molar-refractivity contribution in [3.63, 3.8) is 0 Å². The van der Waals surface area contributed by atoms with Gasteiger partial charge in [-0.1, -0.05) is 43.6 Å². The van der Waals surface area contributed by atoms with Gasteiger partial charge in [-0.25, -0.2) is 0 Å². The van der Waals surface area contributed by atoms with E-state index in [0.717, 1.165) is 37.6 Å². The average molecular weight is 310 g/mol. The topological polar surface area (TPSA) is 32.5 Å². The van der Waals surface area contributed by atoms with E-state index in [1.165, 1.54) is 5.56 Å². The van der Waals surface area contributed by atoms with Crippen molar-refractivity contribution in [2.24, 2.45) is 5.73 Å². The van der Waals surface area contributed by atoms with Crippen LogP contribution in [0.2, 0.25) is 5.02 Å². The summed E-state index contributed by atoms with van der Waals surface area (Å²) in [5.74, 6) is 0. The maximum atomic E-state index is 6.45. The first kappa shape index (κ1) is 16.8. The Morgan fingerprint density at radius 3 is 2.57 bits per heavy atom. The van der Waals surface area contributed by atoms with Crippen LogP contribution in [0.4, 0.5) is 0 Å². The fraction of sp³-hybridized carbons (Fsp3) is 0.647. The lowest BCUT2D eigenvalue weighted by Crippen LogP contribution is -2.55. The Hall–Kier alpha value is -0.610. The average Bonchev–Trinajstić information content (AvgIpc) is 2.49. The molecule has 3 atom stereocenters. The first-order chi connectivity index (χ1) is 10.1.